The monoisotopic (exact) mass is 503 g/mol. The van der Waals surface area contributed by atoms with E-state index >= 15 is 0 Å². The summed E-state index contributed by atoms with van der Waals surface area (Å²) in [6.07, 6.45) is 7.07. The molecular formula is C31H29N5O2. The quantitative estimate of drug-likeness (QED) is 0.288. The van der Waals surface area contributed by atoms with E-state index in [4.69, 9.17) is 0 Å². The first-order valence-electron chi connectivity index (χ1n) is 13.0. The second-order valence-electron chi connectivity index (χ2n) is 9.69. The number of likely N-dealkylation sites (tertiary alicyclic amines) is 1. The molecule has 38 heavy (non-hydrogen) atoms. The SMILES string of the molecule is O=C1Nc2ccccc2C1=C(Nc1ccc(-c2c[nH]cn2)cc1)c1ccc(CCN2CCCCC2=O)cc1. The highest BCUT2D eigenvalue weighted by Crippen LogP contribution is 2.37. The fourth-order valence-corrected chi connectivity index (χ4v) is 5.13. The van der Waals surface area contributed by atoms with E-state index in [0.717, 1.165) is 77.4 Å². The van der Waals surface area contributed by atoms with Crippen LogP contribution in [0.1, 0.15) is 36.0 Å². The molecule has 1 saturated heterocycles. The summed E-state index contributed by atoms with van der Waals surface area (Å²) in [5.41, 5.74) is 7.88. The topological polar surface area (TPSA) is 90.1 Å². The fraction of sp³-hybridized carbons (Fsp3) is 0.194. The normalized spacial score (nSPS) is 16.3. The average Bonchev–Trinajstić information content (AvgIpc) is 3.60. The van der Waals surface area contributed by atoms with Gasteiger partial charge in [0.25, 0.3) is 5.91 Å². The van der Waals surface area contributed by atoms with Crippen LogP contribution in [0.4, 0.5) is 11.4 Å². The van der Waals surface area contributed by atoms with E-state index in [-0.39, 0.29) is 11.8 Å². The number of carbonyl (C=O) groups is 2. The summed E-state index contributed by atoms with van der Waals surface area (Å²) in [7, 11) is 0. The minimum atomic E-state index is -0.130. The van der Waals surface area contributed by atoms with Gasteiger partial charge in [-0.2, -0.15) is 0 Å². The van der Waals surface area contributed by atoms with Crippen LogP contribution in [0, 0.1) is 0 Å². The first-order chi connectivity index (χ1) is 18.7. The van der Waals surface area contributed by atoms with Crippen molar-refractivity contribution in [2.75, 3.05) is 23.7 Å². The second kappa shape index (κ2) is 10.4. The van der Waals surface area contributed by atoms with E-state index in [9.17, 15) is 9.59 Å². The van der Waals surface area contributed by atoms with Crippen LogP contribution >= 0.6 is 0 Å². The lowest BCUT2D eigenvalue weighted by Crippen LogP contribution is -2.36. The molecule has 1 aromatic heterocycles. The van der Waals surface area contributed by atoms with E-state index in [2.05, 4.69) is 44.9 Å². The number of carbonyl (C=O) groups excluding carboxylic acids is 2. The Balaban J connectivity index is 1.30. The molecule has 7 heteroatoms. The Labute approximate surface area is 221 Å². The number of anilines is 2. The highest BCUT2D eigenvalue weighted by Gasteiger charge is 2.28. The van der Waals surface area contributed by atoms with Crippen molar-refractivity contribution in [2.24, 2.45) is 0 Å². The number of hydrogen-bond donors (Lipinski definition) is 3. The zero-order chi connectivity index (χ0) is 25.9. The summed E-state index contributed by atoms with van der Waals surface area (Å²) in [6, 6.07) is 24.0. The number of hydrogen-bond acceptors (Lipinski definition) is 4. The Hall–Kier alpha value is -4.65. The van der Waals surface area contributed by atoms with Crippen molar-refractivity contribution in [1.29, 1.82) is 0 Å². The molecule has 6 rings (SSSR count). The molecule has 0 atom stereocenters. The predicted molar refractivity (Wildman–Crippen MR) is 150 cm³/mol. The van der Waals surface area contributed by atoms with Crippen molar-refractivity contribution >= 4 is 34.5 Å². The van der Waals surface area contributed by atoms with Crippen molar-refractivity contribution < 1.29 is 9.59 Å². The summed E-state index contributed by atoms with van der Waals surface area (Å²) >= 11 is 0. The molecule has 4 aromatic rings. The van der Waals surface area contributed by atoms with E-state index < -0.39 is 0 Å². The van der Waals surface area contributed by atoms with Gasteiger partial charge in [-0.15, -0.1) is 0 Å². The Morgan fingerprint density at radius 3 is 2.53 bits per heavy atom. The van der Waals surface area contributed by atoms with Crippen LogP contribution in [0.15, 0.2) is 85.3 Å². The predicted octanol–water partition coefficient (Wildman–Crippen LogP) is 5.56. The Morgan fingerprint density at radius 1 is 0.947 bits per heavy atom. The molecule has 1 fully saturated rings. The minimum absolute atomic E-state index is 0.130. The summed E-state index contributed by atoms with van der Waals surface area (Å²) in [4.78, 5) is 34.6. The van der Waals surface area contributed by atoms with Gasteiger partial charge in [-0.3, -0.25) is 9.59 Å². The number of nitrogens with zero attached hydrogens (tertiary/aromatic N) is 2. The molecule has 0 saturated carbocycles. The molecule has 2 aliphatic rings. The highest BCUT2D eigenvalue weighted by atomic mass is 16.2. The molecule has 0 bridgehead atoms. The van der Waals surface area contributed by atoms with E-state index in [1.165, 1.54) is 0 Å². The minimum Gasteiger partial charge on any atom is -0.354 e. The number of imidazole rings is 1. The zero-order valence-corrected chi connectivity index (χ0v) is 21.0. The molecule has 2 aliphatic heterocycles. The lowest BCUT2D eigenvalue weighted by molar-refractivity contribution is -0.133. The molecule has 3 heterocycles. The number of amides is 2. The Morgan fingerprint density at radius 2 is 1.76 bits per heavy atom. The third-order valence-corrected chi connectivity index (χ3v) is 7.20. The molecule has 7 nitrogen and oxygen atoms in total. The highest BCUT2D eigenvalue weighted by molar-refractivity contribution is 6.37. The summed E-state index contributed by atoms with van der Waals surface area (Å²) in [6.45, 7) is 1.59. The van der Waals surface area contributed by atoms with Gasteiger partial charge < -0.3 is 20.5 Å². The molecule has 2 amide bonds. The maximum atomic E-state index is 13.2. The smallest absolute Gasteiger partial charge is 0.258 e. The number of aromatic amines is 1. The number of nitrogens with one attached hydrogen (secondary N) is 3. The molecule has 0 aliphatic carbocycles. The first-order valence-corrected chi connectivity index (χ1v) is 13.0. The van der Waals surface area contributed by atoms with Gasteiger partial charge in [0.2, 0.25) is 5.91 Å². The zero-order valence-electron chi connectivity index (χ0n) is 21.0. The van der Waals surface area contributed by atoms with Gasteiger partial charge in [0.05, 0.1) is 23.3 Å². The van der Waals surface area contributed by atoms with Gasteiger partial charge in [0, 0.05) is 48.2 Å². The van der Waals surface area contributed by atoms with Crippen molar-refractivity contribution in [2.45, 2.75) is 25.7 Å². The van der Waals surface area contributed by atoms with Crippen LogP contribution in [-0.4, -0.2) is 39.8 Å². The van der Waals surface area contributed by atoms with E-state index in [1.54, 1.807) is 6.33 Å². The maximum absolute atomic E-state index is 13.2. The molecule has 190 valence electrons. The van der Waals surface area contributed by atoms with E-state index in [0.29, 0.717) is 12.0 Å². The van der Waals surface area contributed by atoms with Crippen LogP contribution in [0.2, 0.25) is 0 Å². The number of para-hydroxylation sites is 1. The average molecular weight is 504 g/mol. The summed E-state index contributed by atoms with van der Waals surface area (Å²) < 4.78 is 0. The van der Waals surface area contributed by atoms with Crippen molar-refractivity contribution in [3.8, 4) is 11.3 Å². The van der Waals surface area contributed by atoms with Gasteiger partial charge >= 0.3 is 0 Å². The summed E-state index contributed by atoms with van der Waals surface area (Å²) in [5, 5.41) is 6.53. The van der Waals surface area contributed by atoms with Crippen LogP contribution < -0.4 is 10.6 Å². The second-order valence-corrected chi connectivity index (χ2v) is 9.69. The number of rotatable bonds is 7. The lowest BCUT2D eigenvalue weighted by atomic mass is 9.98. The number of H-pyrrole nitrogens is 1. The van der Waals surface area contributed by atoms with E-state index in [1.807, 2.05) is 59.6 Å². The van der Waals surface area contributed by atoms with Gasteiger partial charge in [0.15, 0.2) is 0 Å². The lowest BCUT2D eigenvalue weighted by Gasteiger charge is -2.26. The largest absolute Gasteiger partial charge is 0.354 e. The molecule has 3 N–H and O–H groups in total. The maximum Gasteiger partial charge on any atom is 0.258 e. The van der Waals surface area contributed by atoms with Crippen LogP contribution in [0.25, 0.3) is 22.5 Å². The van der Waals surface area contributed by atoms with Crippen LogP contribution in [-0.2, 0) is 16.0 Å². The number of fused-ring (bicyclic) bond motifs is 1. The van der Waals surface area contributed by atoms with Crippen LogP contribution in [0.3, 0.4) is 0 Å². The van der Waals surface area contributed by atoms with Gasteiger partial charge in [-0.05, 0) is 48.6 Å². The van der Waals surface area contributed by atoms with Crippen molar-refractivity contribution in [1.82, 2.24) is 14.9 Å². The standard InChI is InChI=1S/C31H29N5O2/c37-28-7-3-4-17-36(28)18-16-21-8-10-23(11-9-21)30(29-25-5-1-2-6-26(25)35-31(29)38)34-24-14-12-22(13-15-24)27-19-32-20-33-27/h1-2,5-6,8-15,19-20,34H,3-4,7,16-18H2,(H,32,33)(H,35,38). The van der Waals surface area contributed by atoms with Crippen molar-refractivity contribution in [3.05, 3.63) is 102 Å². The van der Waals surface area contributed by atoms with Crippen molar-refractivity contribution in [3.63, 3.8) is 0 Å². The molecule has 0 spiro atoms. The Kier molecular flexibility index (Phi) is 6.48. The summed E-state index contributed by atoms with van der Waals surface area (Å²) in [5.74, 6) is 0.128. The van der Waals surface area contributed by atoms with Gasteiger partial charge in [-0.1, -0.05) is 54.6 Å². The fourth-order valence-electron chi connectivity index (χ4n) is 5.13. The molecule has 3 aromatic carbocycles. The Bertz CT molecular complexity index is 1490. The molecule has 0 unspecified atom stereocenters. The third kappa shape index (κ3) is 4.83. The number of benzene rings is 3. The van der Waals surface area contributed by atoms with Gasteiger partial charge in [0.1, 0.15) is 0 Å². The number of aromatic nitrogens is 2. The van der Waals surface area contributed by atoms with Gasteiger partial charge in [-0.25, -0.2) is 4.98 Å². The molecular weight excluding hydrogens is 474 g/mol. The first kappa shape index (κ1) is 23.7. The number of piperidine rings is 1. The third-order valence-electron chi connectivity index (χ3n) is 7.20. The molecule has 0 radical (unpaired) electrons. The van der Waals surface area contributed by atoms with Crippen LogP contribution in [0.5, 0.6) is 0 Å².